The first-order valence-electron chi connectivity index (χ1n) is 8.72. The zero-order valence-corrected chi connectivity index (χ0v) is 16.4. The van der Waals surface area contributed by atoms with Gasteiger partial charge in [0, 0.05) is 23.8 Å². The maximum atomic E-state index is 12.3. The molecule has 0 saturated carbocycles. The number of benzene rings is 1. The number of hydrogen-bond donors (Lipinski definition) is 1. The Morgan fingerprint density at radius 1 is 1.12 bits per heavy atom. The highest BCUT2D eigenvalue weighted by Gasteiger charge is 2.16. The molecule has 6 nitrogen and oxygen atoms in total. The summed E-state index contributed by atoms with van der Waals surface area (Å²) in [4.78, 5) is 11.2. The molecule has 1 aromatic heterocycles. The Balaban J connectivity index is 1.66. The molecule has 0 amide bonds. The fourth-order valence-electron chi connectivity index (χ4n) is 2.98. The van der Waals surface area contributed by atoms with Crippen LogP contribution in [0.2, 0.25) is 5.02 Å². The SMILES string of the molecule is Cc1cc(CNS(=O)(=O)Cc2ccc(Cl)cc2)nc(N2CCCCC2)n1. The fourth-order valence-corrected chi connectivity index (χ4v) is 4.20. The van der Waals surface area contributed by atoms with Gasteiger partial charge in [0.15, 0.2) is 0 Å². The number of nitrogens with one attached hydrogen (secondary N) is 1. The van der Waals surface area contributed by atoms with E-state index in [0.717, 1.165) is 31.6 Å². The highest BCUT2D eigenvalue weighted by Crippen LogP contribution is 2.17. The lowest BCUT2D eigenvalue weighted by molar-refractivity contribution is 0.565. The van der Waals surface area contributed by atoms with Crippen molar-refractivity contribution in [1.82, 2.24) is 14.7 Å². The summed E-state index contributed by atoms with van der Waals surface area (Å²) in [7, 11) is -3.46. The third kappa shape index (κ3) is 5.40. The van der Waals surface area contributed by atoms with Crippen molar-refractivity contribution in [2.75, 3.05) is 18.0 Å². The van der Waals surface area contributed by atoms with Crippen LogP contribution in [0, 0.1) is 6.92 Å². The summed E-state index contributed by atoms with van der Waals surface area (Å²) in [5.74, 6) is 0.601. The number of anilines is 1. The van der Waals surface area contributed by atoms with Crippen molar-refractivity contribution < 1.29 is 8.42 Å². The van der Waals surface area contributed by atoms with Gasteiger partial charge in [0.05, 0.1) is 18.0 Å². The average Bonchev–Trinajstić information content (AvgIpc) is 2.62. The number of piperidine rings is 1. The number of halogens is 1. The molecule has 1 saturated heterocycles. The van der Waals surface area contributed by atoms with Crippen molar-refractivity contribution in [3.8, 4) is 0 Å². The van der Waals surface area contributed by atoms with E-state index in [-0.39, 0.29) is 12.3 Å². The molecular weight excluding hydrogens is 372 g/mol. The summed E-state index contributed by atoms with van der Waals surface area (Å²) in [5, 5.41) is 0.584. The van der Waals surface area contributed by atoms with Crippen molar-refractivity contribution in [2.24, 2.45) is 0 Å². The minimum atomic E-state index is -3.46. The van der Waals surface area contributed by atoms with Crippen molar-refractivity contribution in [3.05, 3.63) is 52.3 Å². The molecule has 0 unspecified atom stereocenters. The van der Waals surface area contributed by atoms with E-state index < -0.39 is 10.0 Å². The summed E-state index contributed by atoms with van der Waals surface area (Å²) in [6.45, 7) is 3.96. The maximum absolute atomic E-state index is 12.3. The third-order valence-corrected chi connectivity index (χ3v) is 5.83. The first-order chi connectivity index (χ1) is 12.4. The first kappa shape index (κ1) is 19.1. The minimum Gasteiger partial charge on any atom is -0.341 e. The van der Waals surface area contributed by atoms with Crippen molar-refractivity contribution in [2.45, 2.75) is 38.5 Å². The van der Waals surface area contributed by atoms with Crippen molar-refractivity contribution in [1.29, 1.82) is 0 Å². The smallest absolute Gasteiger partial charge is 0.225 e. The first-order valence-corrected chi connectivity index (χ1v) is 10.8. The number of hydrogen-bond acceptors (Lipinski definition) is 5. The van der Waals surface area contributed by atoms with Crippen LogP contribution in [0.1, 0.15) is 36.2 Å². The van der Waals surface area contributed by atoms with E-state index in [1.807, 2.05) is 13.0 Å². The van der Waals surface area contributed by atoms with Gasteiger partial charge in [-0.15, -0.1) is 0 Å². The van der Waals surface area contributed by atoms with E-state index in [2.05, 4.69) is 19.6 Å². The molecule has 0 radical (unpaired) electrons. The number of aromatic nitrogens is 2. The molecule has 2 heterocycles. The molecule has 8 heteroatoms. The molecule has 2 aromatic rings. The number of aryl methyl sites for hydroxylation is 1. The molecule has 140 valence electrons. The Morgan fingerprint density at radius 3 is 2.50 bits per heavy atom. The highest BCUT2D eigenvalue weighted by atomic mass is 35.5. The Bertz CT molecular complexity index is 850. The van der Waals surface area contributed by atoms with Crippen molar-refractivity contribution in [3.63, 3.8) is 0 Å². The van der Waals surface area contributed by atoms with Gasteiger partial charge in [0.1, 0.15) is 0 Å². The molecule has 1 fully saturated rings. The third-order valence-electron chi connectivity index (χ3n) is 4.28. The summed E-state index contributed by atoms with van der Waals surface area (Å²) >= 11 is 5.83. The van der Waals surface area contributed by atoms with Crippen LogP contribution in [0.15, 0.2) is 30.3 Å². The van der Waals surface area contributed by atoms with Crippen LogP contribution in [-0.4, -0.2) is 31.5 Å². The Labute approximate surface area is 159 Å². The second kappa shape index (κ2) is 8.33. The summed E-state index contributed by atoms with van der Waals surface area (Å²) in [6, 6.07) is 8.62. The molecule has 1 aromatic carbocycles. The van der Waals surface area contributed by atoms with Crippen LogP contribution >= 0.6 is 11.6 Å². The minimum absolute atomic E-state index is 0.0901. The number of nitrogens with zero attached hydrogens (tertiary/aromatic N) is 3. The van der Waals surface area contributed by atoms with Gasteiger partial charge in [0.2, 0.25) is 16.0 Å². The molecule has 26 heavy (non-hydrogen) atoms. The van der Waals surface area contributed by atoms with Crippen LogP contribution in [-0.2, 0) is 22.3 Å². The summed E-state index contributed by atoms with van der Waals surface area (Å²) in [5.41, 5.74) is 2.21. The molecule has 3 rings (SSSR count). The van der Waals surface area contributed by atoms with Gasteiger partial charge in [-0.2, -0.15) is 0 Å². The molecule has 1 aliphatic heterocycles. The fraction of sp³-hybridized carbons (Fsp3) is 0.444. The number of rotatable bonds is 6. The highest BCUT2D eigenvalue weighted by molar-refractivity contribution is 7.88. The zero-order valence-electron chi connectivity index (χ0n) is 14.8. The molecule has 1 aliphatic rings. The van der Waals surface area contributed by atoms with Crippen LogP contribution in [0.3, 0.4) is 0 Å². The van der Waals surface area contributed by atoms with Crippen LogP contribution in [0.4, 0.5) is 5.95 Å². The van der Waals surface area contributed by atoms with Crippen molar-refractivity contribution >= 4 is 27.6 Å². The lowest BCUT2D eigenvalue weighted by Crippen LogP contribution is -2.32. The molecule has 1 N–H and O–H groups in total. The molecule has 0 bridgehead atoms. The summed E-state index contributed by atoms with van der Waals surface area (Å²) in [6.07, 6.45) is 3.51. The molecule has 0 aliphatic carbocycles. The van der Waals surface area contributed by atoms with Crippen LogP contribution < -0.4 is 9.62 Å². The second-order valence-electron chi connectivity index (χ2n) is 6.56. The average molecular weight is 395 g/mol. The van der Waals surface area contributed by atoms with E-state index in [9.17, 15) is 8.42 Å². The lowest BCUT2D eigenvalue weighted by Gasteiger charge is -2.27. The van der Waals surface area contributed by atoms with E-state index in [1.165, 1.54) is 6.42 Å². The van der Waals surface area contributed by atoms with Crippen LogP contribution in [0.5, 0.6) is 0 Å². The van der Waals surface area contributed by atoms with Gasteiger partial charge in [0.25, 0.3) is 0 Å². The Morgan fingerprint density at radius 2 is 1.81 bits per heavy atom. The molecule has 0 atom stereocenters. The predicted octanol–water partition coefficient (Wildman–Crippen LogP) is 3.05. The monoisotopic (exact) mass is 394 g/mol. The predicted molar refractivity (Wildman–Crippen MR) is 104 cm³/mol. The van der Waals surface area contributed by atoms with E-state index in [0.29, 0.717) is 22.2 Å². The molecule has 0 spiro atoms. The van der Waals surface area contributed by atoms with Gasteiger partial charge in [-0.25, -0.2) is 23.1 Å². The Kier molecular flexibility index (Phi) is 6.11. The lowest BCUT2D eigenvalue weighted by atomic mass is 10.1. The largest absolute Gasteiger partial charge is 0.341 e. The standard InChI is InChI=1S/C18H23ClN4O2S/c1-14-11-17(22-18(21-14)23-9-3-2-4-10-23)12-20-26(24,25)13-15-5-7-16(19)8-6-15/h5-8,11,20H,2-4,9-10,12-13H2,1H3. The number of sulfonamides is 1. The molecular formula is C18H23ClN4O2S. The maximum Gasteiger partial charge on any atom is 0.225 e. The zero-order chi connectivity index (χ0) is 18.6. The van der Waals surface area contributed by atoms with Gasteiger partial charge in [-0.05, 0) is 49.9 Å². The second-order valence-corrected chi connectivity index (χ2v) is 8.80. The summed E-state index contributed by atoms with van der Waals surface area (Å²) < 4.78 is 27.3. The topological polar surface area (TPSA) is 75.2 Å². The Hall–Kier alpha value is -1.70. The van der Waals surface area contributed by atoms with Gasteiger partial charge < -0.3 is 4.90 Å². The van der Waals surface area contributed by atoms with E-state index in [4.69, 9.17) is 11.6 Å². The van der Waals surface area contributed by atoms with E-state index >= 15 is 0 Å². The normalized spacial score (nSPS) is 15.2. The van der Waals surface area contributed by atoms with Gasteiger partial charge in [-0.3, -0.25) is 0 Å². The quantitative estimate of drug-likeness (QED) is 0.814. The van der Waals surface area contributed by atoms with E-state index in [1.54, 1.807) is 24.3 Å². The van der Waals surface area contributed by atoms with Gasteiger partial charge in [-0.1, -0.05) is 23.7 Å². The van der Waals surface area contributed by atoms with Gasteiger partial charge >= 0.3 is 0 Å². The van der Waals surface area contributed by atoms with Crippen LogP contribution in [0.25, 0.3) is 0 Å².